The molecular formula is C11H12N2OS. The van der Waals surface area contributed by atoms with Crippen LogP contribution in [0.4, 0.5) is 5.82 Å². The van der Waals surface area contributed by atoms with Crippen LogP contribution in [-0.4, -0.2) is 31.3 Å². The molecule has 0 aliphatic carbocycles. The molecular weight excluding hydrogens is 208 g/mol. The minimum absolute atomic E-state index is 0.809. The molecule has 0 N–H and O–H groups in total. The van der Waals surface area contributed by atoms with Gasteiger partial charge < -0.3 is 9.64 Å². The smallest absolute Gasteiger partial charge is 0.146 e. The van der Waals surface area contributed by atoms with Crippen LogP contribution in [0.3, 0.4) is 0 Å². The second-order valence-corrected chi connectivity index (χ2v) is 4.49. The maximum absolute atomic E-state index is 5.35. The van der Waals surface area contributed by atoms with E-state index in [9.17, 15) is 0 Å². The highest BCUT2D eigenvalue weighted by Crippen LogP contribution is 2.29. The van der Waals surface area contributed by atoms with Crippen molar-refractivity contribution < 1.29 is 4.74 Å². The average molecular weight is 220 g/mol. The molecule has 78 valence electrons. The van der Waals surface area contributed by atoms with Crippen LogP contribution >= 0.6 is 11.3 Å². The van der Waals surface area contributed by atoms with Gasteiger partial charge in [-0.2, -0.15) is 0 Å². The second kappa shape index (κ2) is 3.79. The number of thiophene rings is 1. The minimum Gasteiger partial charge on any atom is -0.378 e. The van der Waals surface area contributed by atoms with Crippen LogP contribution < -0.4 is 4.90 Å². The summed E-state index contributed by atoms with van der Waals surface area (Å²) in [4.78, 5) is 6.79. The first kappa shape index (κ1) is 9.12. The molecule has 1 fully saturated rings. The van der Waals surface area contributed by atoms with E-state index < -0.39 is 0 Å². The van der Waals surface area contributed by atoms with Crippen molar-refractivity contribution in [2.24, 2.45) is 0 Å². The van der Waals surface area contributed by atoms with Crippen LogP contribution in [0.15, 0.2) is 23.7 Å². The van der Waals surface area contributed by atoms with E-state index >= 15 is 0 Å². The van der Waals surface area contributed by atoms with E-state index in [-0.39, 0.29) is 0 Å². The molecule has 0 atom stereocenters. The summed E-state index contributed by atoms with van der Waals surface area (Å²) in [6.07, 6.45) is 1.89. The van der Waals surface area contributed by atoms with Gasteiger partial charge in [-0.3, -0.25) is 0 Å². The number of fused-ring (bicyclic) bond motifs is 1. The van der Waals surface area contributed by atoms with E-state index in [1.165, 1.54) is 10.1 Å². The number of anilines is 1. The zero-order chi connectivity index (χ0) is 10.1. The third-order valence-electron chi connectivity index (χ3n) is 2.66. The fourth-order valence-corrected chi connectivity index (χ4v) is 2.79. The summed E-state index contributed by atoms with van der Waals surface area (Å²) in [5.41, 5.74) is 0. The molecule has 1 saturated heterocycles. The van der Waals surface area contributed by atoms with Crippen molar-refractivity contribution in [1.29, 1.82) is 0 Å². The van der Waals surface area contributed by atoms with Crippen LogP contribution in [0.5, 0.6) is 0 Å². The van der Waals surface area contributed by atoms with Gasteiger partial charge >= 0.3 is 0 Å². The monoisotopic (exact) mass is 220 g/mol. The summed E-state index contributed by atoms with van der Waals surface area (Å²) in [6, 6.07) is 4.21. The van der Waals surface area contributed by atoms with Crippen LogP contribution in [-0.2, 0) is 4.74 Å². The highest BCUT2D eigenvalue weighted by molar-refractivity contribution is 7.17. The van der Waals surface area contributed by atoms with Crippen molar-refractivity contribution in [3.63, 3.8) is 0 Å². The van der Waals surface area contributed by atoms with Crippen LogP contribution in [0, 0.1) is 0 Å². The lowest BCUT2D eigenvalue weighted by molar-refractivity contribution is 0.122. The number of pyridine rings is 1. The molecule has 4 heteroatoms. The number of ether oxygens (including phenoxy) is 1. The molecule has 0 aromatic carbocycles. The first-order chi connectivity index (χ1) is 7.45. The Bertz CT molecular complexity index is 462. The molecule has 2 aromatic heterocycles. The highest BCUT2D eigenvalue weighted by atomic mass is 32.1. The van der Waals surface area contributed by atoms with Gasteiger partial charge in [0.25, 0.3) is 0 Å². The summed E-state index contributed by atoms with van der Waals surface area (Å²) >= 11 is 1.76. The first-order valence-corrected chi connectivity index (χ1v) is 5.98. The standard InChI is InChI=1S/C11H12N2OS/c1-3-12-11(10-9(1)2-8-15-10)13-4-6-14-7-5-13/h1-3,8H,4-7H2. The molecule has 15 heavy (non-hydrogen) atoms. The molecule has 3 rings (SSSR count). The minimum atomic E-state index is 0.809. The van der Waals surface area contributed by atoms with E-state index in [2.05, 4.69) is 27.4 Å². The Labute approximate surface area is 92.3 Å². The molecule has 0 unspecified atom stereocenters. The van der Waals surface area contributed by atoms with E-state index in [0.29, 0.717) is 0 Å². The predicted octanol–water partition coefficient (Wildman–Crippen LogP) is 2.13. The number of hydrogen-bond acceptors (Lipinski definition) is 4. The molecule has 3 nitrogen and oxygen atoms in total. The Morgan fingerprint density at radius 3 is 3.00 bits per heavy atom. The Morgan fingerprint density at radius 2 is 2.13 bits per heavy atom. The Balaban J connectivity index is 2.05. The van der Waals surface area contributed by atoms with Crippen LogP contribution in [0.25, 0.3) is 10.1 Å². The fourth-order valence-electron chi connectivity index (χ4n) is 1.88. The van der Waals surface area contributed by atoms with Gasteiger partial charge in [0, 0.05) is 19.3 Å². The number of hydrogen-bond donors (Lipinski definition) is 0. The van der Waals surface area contributed by atoms with Gasteiger partial charge in [0.05, 0.1) is 17.9 Å². The van der Waals surface area contributed by atoms with E-state index in [1.54, 1.807) is 11.3 Å². The quantitative estimate of drug-likeness (QED) is 0.736. The van der Waals surface area contributed by atoms with Crippen molar-refractivity contribution in [2.45, 2.75) is 0 Å². The van der Waals surface area contributed by atoms with E-state index in [0.717, 1.165) is 32.1 Å². The fraction of sp³-hybridized carbons (Fsp3) is 0.364. The number of aromatic nitrogens is 1. The molecule has 1 aliphatic rings. The van der Waals surface area contributed by atoms with Crippen molar-refractivity contribution in [3.8, 4) is 0 Å². The predicted molar refractivity (Wildman–Crippen MR) is 62.7 cm³/mol. The van der Waals surface area contributed by atoms with E-state index in [4.69, 9.17) is 4.74 Å². The molecule has 2 aromatic rings. The van der Waals surface area contributed by atoms with Gasteiger partial charge in [-0.1, -0.05) is 0 Å². The summed E-state index contributed by atoms with van der Waals surface area (Å²) < 4.78 is 6.64. The lowest BCUT2D eigenvalue weighted by atomic mass is 10.3. The van der Waals surface area contributed by atoms with Gasteiger partial charge in [0.1, 0.15) is 5.82 Å². The Hall–Kier alpha value is -1.13. The van der Waals surface area contributed by atoms with Crippen molar-refractivity contribution in [2.75, 3.05) is 31.2 Å². The number of morpholine rings is 1. The molecule has 0 spiro atoms. The van der Waals surface area contributed by atoms with Gasteiger partial charge in [-0.05, 0) is 22.9 Å². The van der Waals surface area contributed by atoms with Gasteiger partial charge in [-0.15, -0.1) is 11.3 Å². The zero-order valence-electron chi connectivity index (χ0n) is 8.35. The maximum atomic E-state index is 5.35. The topological polar surface area (TPSA) is 25.4 Å². The molecule has 0 amide bonds. The van der Waals surface area contributed by atoms with E-state index in [1.807, 2.05) is 6.20 Å². The highest BCUT2D eigenvalue weighted by Gasteiger charge is 2.15. The molecule has 0 saturated carbocycles. The molecule has 3 heterocycles. The van der Waals surface area contributed by atoms with Crippen molar-refractivity contribution in [1.82, 2.24) is 4.98 Å². The first-order valence-electron chi connectivity index (χ1n) is 5.10. The normalized spacial score (nSPS) is 17.2. The summed E-state index contributed by atoms with van der Waals surface area (Å²) in [6.45, 7) is 3.51. The largest absolute Gasteiger partial charge is 0.378 e. The third kappa shape index (κ3) is 1.60. The van der Waals surface area contributed by atoms with Crippen LogP contribution in [0.2, 0.25) is 0 Å². The van der Waals surface area contributed by atoms with Crippen LogP contribution in [0.1, 0.15) is 0 Å². The SMILES string of the molecule is c1cc2ccsc2c(N2CCOCC2)n1. The van der Waals surface area contributed by atoms with Gasteiger partial charge in [0.2, 0.25) is 0 Å². The number of rotatable bonds is 1. The number of nitrogens with zero attached hydrogens (tertiary/aromatic N) is 2. The Kier molecular flexibility index (Phi) is 2.31. The Morgan fingerprint density at radius 1 is 1.27 bits per heavy atom. The molecule has 0 radical (unpaired) electrons. The van der Waals surface area contributed by atoms with Crippen molar-refractivity contribution in [3.05, 3.63) is 23.7 Å². The zero-order valence-corrected chi connectivity index (χ0v) is 9.17. The lowest BCUT2D eigenvalue weighted by Crippen LogP contribution is -2.36. The molecule has 1 aliphatic heterocycles. The lowest BCUT2D eigenvalue weighted by Gasteiger charge is -2.28. The summed E-state index contributed by atoms with van der Waals surface area (Å²) in [7, 11) is 0. The second-order valence-electron chi connectivity index (χ2n) is 3.57. The molecule has 0 bridgehead atoms. The third-order valence-corrected chi connectivity index (χ3v) is 3.59. The van der Waals surface area contributed by atoms with Crippen molar-refractivity contribution >= 4 is 27.2 Å². The maximum Gasteiger partial charge on any atom is 0.146 e. The summed E-state index contributed by atoms with van der Waals surface area (Å²) in [5, 5.41) is 3.41. The average Bonchev–Trinajstić information content (AvgIpc) is 2.78. The van der Waals surface area contributed by atoms with Gasteiger partial charge in [-0.25, -0.2) is 4.98 Å². The summed E-state index contributed by atoms with van der Waals surface area (Å²) in [5.74, 6) is 1.12. The van der Waals surface area contributed by atoms with Gasteiger partial charge in [0.15, 0.2) is 0 Å².